The lowest BCUT2D eigenvalue weighted by Gasteiger charge is -2.26. The van der Waals surface area contributed by atoms with Crippen LogP contribution in [0.1, 0.15) is 31.2 Å². The molecule has 0 atom stereocenters. The molecular weight excluding hydrogens is 312 g/mol. The number of hydrogen-bond acceptors (Lipinski definition) is 5. The van der Waals surface area contributed by atoms with Gasteiger partial charge < -0.3 is 20.7 Å². The van der Waals surface area contributed by atoms with E-state index in [1.54, 1.807) is 0 Å². The van der Waals surface area contributed by atoms with Crippen molar-refractivity contribution in [1.82, 2.24) is 4.90 Å². The first kappa shape index (κ1) is 19.9. The van der Waals surface area contributed by atoms with E-state index < -0.39 is 11.9 Å². The van der Waals surface area contributed by atoms with Crippen LogP contribution in [0.2, 0.25) is 0 Å². The van der Waals surface area contributed by atoms with Gasteiger partial charge in [0.15, 0.2) is 0 Å². The molecular formula is C17H26N2O5. The van der Waals surface area contributed by atoms with Crippen molar-refractivity contribution in [3.8, 4) is 5.75 Å². The summed E-state index contributed by atoms with van der Waals surface area (Å²) in [5.41, 5.74) is 6.81. The topological polar surface area (TPSA) is 113 Å². The van der Waals surface area contributed by atoms with Gasteiger partial charge >= 0.3 is 11.9 Å². The number of piperidine rings is 1. The van der Waals surface area contributed by atoms with Crippen LogP contribution >= 0.6 is 0 Å². The average Bonchev–Trinajstić information content (AvgIpc) is 2.57. The Balaban J connectivity index is 0.000000413. The van der Waals surface area contributed by atoms with Gasteiger partial charge in [-0.25, -0.2) is 9.59 Å². The van der Waals surface area contributed by atoms with Crippen LogP contribution in [-0.2, 0) is 16.1 Å². The van der Waals surface area contributed by atoms with Gasteiger partial charge in [-0.05, 0) is 56.6 Å². The number of carboxylic acid groups (broad SMARTS) is 2. The van der Waals surface area contributed by atoms with Gasteiger partial charge in [0.25, 0.3) is 0 Å². The zero-order valence-corrected chi connectivity index (χ0v) is 13.8. The third-order valence-electron chi connectivity index (χ3n) is 3.55. The van der Waals surface area contributed by atoms with Gasteiger partial charge in [0, 0.05) is 6.54 Å². The van der Waals surface area contributed by atoms with Crippen molar-refractivity contribution in [3.05, 3.63) is 29.8 Å². The minimum Gasteiger partial charge on any atom is -0.494 e. The average molecular weight is 338 g/mol. The molecule has 1 fully saturated rings. The minimum absolute atomic E-state index is 0.688. The molecule has 134 valence electrons. The number of nitrogens with zero attached hydrogens (tertiary/aromatic N) is 1. The number of ether oxygens (including phenoxy) is 1. The Morgan fingerprint density at radius 3 is 2.38 bits per heavy atom. The summed E-state index contributed by atoms with van der Waals surface area (Å²) >= 11 is 0. The number of hydrogen-bond donors (Lipinski definition) is 3. The van der Waals surface area contributed by atoms with E-state index in [1.165, 1.54) is 37.9 Å². The van der Waals surface area contributed by atoms with Crippen molar-refractivity contribution < 1.29 is 24.5 Å². The van der Waals surface area contributed by atoms with Crippen molar-refractivity contribution in [1.29, 1.82) is 0 Å². The van der Waals surface area contributed by atoms with Gasteiger partial charge in [0.2, 0.25) is 0 Å². The Morgan fingerprint density at radius 1 is 1.12 bits per heavy atom. The minimum atomic E-state index is -1.82. The van der Waals surface area contributed by atoms with Crippen LogP contribution in [0.4, 0.5) is 0 Å². The number of carbonyl (C=O) groups is 2. The Bertz CT molecular complexity index is 503. The summed E-state index contributed by atoms with van der Waals surface area (Å²) in [6.07, 6.45) is 4.98. The third kappa shape index (κ3) is 8.50. The normalized spacial score (nSPS) is 14.4. The molecule has 1 saturated heterocycles. The van der Waals surface area contributed by atoms with Crippen LogP contribution in [0.25, 0.3) is 0 Å². The number of rotatable bonds is 6. The van der Waals surface area contributed by atoms with Gasteiger partial charge in [-0.1, -0.05) is 18.6 Å². The lowest BCUT2D eigenvalue weighted by Crippen LogP contribution is -2.29. The summed E-state index contributed by atoms with van der Waals surface area (Å²) in [5.74, 6) is -2.68. The molecule has 0 radical (unpaired) electrons. The monoisotopic (exact) mass is 338 g/mol. The van der Waals surface area contributed by atoms with E-state index in [0.29, 0.717) is 13.2 Å². The number of aliphatic carboxylic acids is 2. The predicted octanol–water partition coefficient (Wildman–Crippen LogP) is 1.56. The molecule has 0 bridgehead atoms. The van der Waals surface area contributed by atoms with Crippen molar-refractivity contribution in [2.45, 2.75) is 32.2 Å². The first-order valence-electron chi connectivity index (χ1n) is 8.13. The van der Waals surface area contributed by atoms with Gasteiger partial charge in [-0.3, -0.25) is 4.90 Å². The lowest BCUT2D eigenvalue weighted by atomic mass is 10.1. The Labute approximate surface area is 142 Å². The summed E-state index contributed by atoms with van der Waals surface area (Å²) in [6.45, 7) is 4.92. The molecule has 2 rings (SSSR count). The second-order valence-electron chi connectivity index (χ2n) is 5.59. The highest BCUT2D eigenvalue weighted by atomic mass is 16.5. The number of nitrogens with two attached hydrogens (primary N) is 1. The standard InChI is InChI=1S/C15H24N2O.C2H2O4/c16-8-5-11-18-15-7-4-6-14(12-15)13-17-9-2-1-3-10-17;3-1(4)2(5)6/h4,6-7,12H,1-3,5,8-11,13,16H2;(H,3,4)(H,5,6). The summed E-state index contributed by atoms with van der Waals surface area (Å²) < 4.78 is 5.68. The van der Waals surface area contributed by atoms with Crippen molar-refractivity contribution in [3.63, 3.8) is 0 Å². The largest absolute Gasteiger partial charge is 0.494 e. The highest BCUT2D eigenvalue weighted by molar-refractivity contribution is 6.27. The molecule has 0 aromatic heterocycles. The molecule has 1 heterocycles. The quantitative estimate of drug-likeness (QED) is 0.533. The molecule has 4 N–H and O–H groups in total. The SMILES string of the molecule is NCCCOc1cccc(CN2CCCCC2)c1.O=C(O)C(=O)O. The van der Waals surface area contributed by atoms with Gasteiger partial charge in [0.1, 0.15) is 5.75 Å². The van der Waals surface area contributed by atoms with Crippen LogP contribution in [0.15, 0.2) is 24.3 Å². The van der Waals surface area contributed by atoms with Crippen molar-refractivity contribution in [2.75, 3.05) is 26.2 Å². The molecule has 0 saturated carbocycles. The number of carboxylic acids is 2. The van der Waals surface area contributed by atoms with E-state index in [-0.39, 0.29) is 0 Å². The van der Waals surface area contributed by atoms with Gasteiger partial charge in [-0.2, -0.15) is 0 Å². The van der Waals surface area contributed by atoms with Gasteiger partial charge in [-0.15, -0.1) is 0 Å². The molecule has 0 amide bonds. The van der Waals surface area contributed by atoms with Crippen LogP contribution in [0.3, 0.4) is 0 Å². The van der Waals surface area contributed by atoms with Crippen LogP contribution in [-0.4, -0.2) is 53.3 Å². The maximum Gasteiger partial charge on any atom is 0.414 e. The lowest BCUT2D eigenvalue weighted by molar-refractivity contribution is -0.159. The maximum absolute atomic E-state index is 9.10. The van der Waals surface area contributed by atoms with E-state index in [2.05, 4.69) is 23.1 Å². The zero-order valence-electron chi connectivity index (χ0n) is 13.8. The Hall–Kier alpha value is -2.12. The van der Waals surface area contributed by atoms with Crippen LogP contribution in [0, 0.1) is 0 Å². The molecule has 0 unspecified atom stereocenters. The molecule has 0 spiro atoms. The molecule has 1 aliphatic heterocycles. The third-order valence-corrected chi connectivity index (χ3v) is 3.55. The molecule has 24 heavy (non-hydrogen) atoms. The summed E-state index contributed by atoms with van der Waals surface area (Å²) in [6, 6.07) is 8.45. The first-order chi connectivity index (χ1) is 11.5. The van der Waals surface area contributed by atoms with E-state index in [1.807, 2.05) is 6.07 Å². The second kappa shape index (κ2) is 11.4. The highest BCUT2D eigenvalue weighted by Crippen LogP contribution is 2.17. The van der Waals surface area contributed by atoms with E-state index in [4.69, 9.17) is 30.3 Å². The second-order valence-corrected chi connectivity index (χ2v) is 5.59. The Kier molecular flexibility index (Phi) is 9.48. The molecule has 7 heteroatoms. The van der Waals surface area contributed by atoms with Crippen LogP contribution in [0.5, 0.6) is 5.75 Å². The number of likely N-dealkylation sites (tertiary alicyclic amines) is 1. The summed E-state index contributed by atoms with van der Waals surface area (Å²) in [5, 5.41) is 14.8. The summed E-state index contributed by atoms with van der Waals surface area (Å²) in [7, 11) is 0. The molecule has 1 aromatic carbocycles. The van der Waals surface area contributed by atoms with E-state index in [0.717, 1.165) is 18.7 Å². The fourth-order valence-corrected chi connectivity index (χ4v) is 2.38. The van der Waals surface area contributed by atoms with E-state index in [9.17, 15) is 0 Å². The van der Waals surface area contributed by atoms with Crippen LogP contribution < -0.4 is 10.5 Å². The zero-order chi connectivity index (χ0) is 17.8. The highest BCUT2D eigenvalue weighted by Gasteiger charge is 2.10. The molecule has 1 aromatic rings. The van der Waals surface area contributed by atoms with Crippen molar-refractivity contribution in [2.24, 2.45) is 5.73 Å². The number of benzene rings is 1. The molecule has 0 aliphatic carbocycles. The first-order valence-corrected chi connectivity index (χ1v) is 8.13. The maximum atomic E-state index is 9.10. The van der Waals surface area contributed by atoms with E-state index >= 15 is 0 Å². The smallest absolute Gasteiger partial charge is 0.414 e. The Morgan fingerprint density at radius 2 is 1.79 bits per heavy atom. The van der Waals surface area contributed by atoms with Crippen molar-refractivity contribution >= 4 is 11.9 Å². The van der Waals surface area contributed by atoms with Gasteiger partial charge in [0.05, 0.1) is 6.61 Å². The fraction of sp³-hybridized carbons (Fsp3) is 0.529. The summed E-state index contributed by atoms with van der Waals surface area (Å²) in [4.78, 5) is 20.7. The predicted molar refractivity (Wildman–Crippen MR) is 90.0 cm³/mol. The fourth-order valence-electron chi connectivity index (χ4n) is 2.38. The molecule has 7 nitrogen and oxygen atoms in total. The molecule has 1 aliphatic rings.